The van der Waals surface area contributed by atoms with Crippen LogP contribution in [0.2, 0.25) is 0 Å². The summed E-state index contributed by atoms with van der Waals surface area (Å²) in [6.45, 7) is 3.85. The molecule has 0 saturated heterocycles. The average molecular weight is 376 g/mol. The molecule has 0 saturated carbocycles. The Balaban J connectivity index is 1.76. The number of hydrogen-bond donors (Lipinski definition) is 0. The number of aryl methyl sites for hydroxylation is 1. The second-order valence-corrected chi connectivity index (χ2v) is 6.56. The van der Waals surface area contributed by atoms with Gasteiger partial charge in [-0.2, -0.15) is 0 Å². The van der Waals surface area contributed by atoms with Gasteiger partial charge in [0.25, 0.3) is 0 Å². The van der Waals surface area contributed by atoms with Gasteiger partial charge in [-0.1, -0.05) is 6.07 Å². The van der Waals surface area contributed by atoms with Crippen molar-refractivity contribution < 1.29 is 13.9 Å². The minimum Gasteiger partial charge on any atom is -0.486 e. The van der Waals surface area contributed by atoms with Crippen molar-refractivity contribution in [3.05, 3.63) is 57.9 Å². The van der Waals surface area contributed by atoms with Crippen molar-refractivity contribution in [1.82, 2.24) is 4.57 Å². The summed E-state index contributed by atoms with van der Waals surface area (Å²) in [5.41, 5.74) is 3.17. The summed E-state index contributed by atoms with van der Waals surface area (Å²) >= 11 is 3.48. The highest BCUT2D eigenvalue weighted by Gasteiger charge is 2.14. The zero-order valence-corrected chi connectivity index (χ0v) is 14.2. The van der Waals surface area contributed by atoms with E-state index in [2.05, 4.69) is 20.5 Å². The lowest BCUT2D eigenvalue weighted by atomic mass is 10.2. The first kappa shape index (κ1) is 14.6. The zero-order chi connectivity index (χ0) is 16.0. The third-order valence-electron chi connectivity index (χ3n) is 4.05. The van der Waals surface area contributed by atoms with Crippen molar-refractivity contribution in [3.8, 4) is 11.5 Å². The zero-order valence-electron chi connectivity index (χ0n) is 12.6. The minimum absolute atomic E-state index is 0.232. The maximum absolute atomic E-state index is 13.6. The molecule has 0 radical (unpaired) electrons. The third kappa shape index (κ3) is 2.59. The third-order valence-corrected chi connectivity index (χ3v) is 4.65. The molecule has 0 unspecified atom stereocenters. The Morgan fingerprint density at radius 3 is 2.74 bits per heavy atom. The molecule has 0 fully saturated rings. The number of ether oxygens (including phenoxy) is 2. The summed E-state index contributed by atoms with van der Waals surface area (Å²) < 4.78 is 27.7. The van der Waals surface area contributed by atoms with Gasteiger partial charge in [0.2, 0.25) is 0 Å². The topological polar surface area (TPSA) is 23.4 Å². The van der Waals surface area contributed by atoms with Crippen molar-refractivity contribution in [3.63, 3.8) is 0 Å². The molecule has 4 rings (SSSR count). The lowest BCUT2D eigenvalue weighted by Gasteiger charge is -2.19. The molecule has 118 valence electrons. The summed E-state index contributed by atoms with van der Waals surface area (Å²) in [5, 5.41) is 0.925. The van der Waals surface area contributed by atoms with E-state index in [1.54, 1.807) is 6.07 Å². The van der Waals surface area contributed by atoms with Crippen LogP contribution in [0.15, 0.2) is 41.0 Å². The quantitative estimate of drug-likeness (QED) is 0.649. The van der Waals surface area contributed by atoms with Gasteiger partial charge in [-0.05, 0) is 58.2 Å². The van der Waals surface area contributed by atoms with Crippen LogP contribution in [0, 0.1) is 12.7 Å². The summed E-state index contributed by atoms with van der Waals surface area (Å²) in [7, 11) is 0. The number of aromatic nitrogens is 1. The molecule has 3 aromatic rings. The van der Waals surface area contributed by atoms with Gasteiger partial charge in [0, 0.05) is 22.6 Å². The molecule has 0 amide bonds. The molecule has 2 heterocycles. The molecule has 0 N–H and O–H groups in total. The second kappa shape index (κ2) is 5.57. The lowest BCUT2D eigenvalue weighted by molar-refractivity contribution is 0.171. The SMILES string of the molecule is Cc1cn(Cc2ccc3c(c2)OCCO3)c2c(Br)cc(F)cc12. The molecule has 3 nitrogen and oxygen atoms in total. The van der Waals surface area contributed by atoms with Crippen LogP contribution >= 0.6 is 15.9 Å². The highest BCUT2D eigenvalue weighted by atomic mass is 79.9. The maximum Gasteiger partial charge on any atom is 0.161 e. The maximum atomic E-state index is 13.6. The number of benzene rings is 2. The minimum atomic E-state index is -0.232. The van der Waals surface area contributed by atoms with Gasteiger partial charge in [-0.25, -0.2) is 4.39 Å². The Hall–Kier alpha value is -2.01. The Morgan fingerprint density at radius 1 is 1.13 bits per heavy atom. The van der Waals surface area contributed by atoms with E-state index in [1.165, 1.54) is 6.07 Å². The molecule has 5 heteroatoms. The average Bonchev–Trinajstić information content (AvgIpc) is 2.83. The molecular weight excluding hydrogens is 361 g/mol. The number of halogens is 2. The molecule has 0 atom stereocenters. The standard InChI is InChI=1S/C18H15BrFNO2/c1-11-9-21(18-14(11)7-13(20)8-15(18)19)10-12-2-3-16-17(6-12)23-5-4-22-16/h2-3,6-9H,4-5,10H2,1H3. The van der Waals surface area contributed by atoms with Gasteiger partial charge in [-0.3, -0.25) is 0 Å². The smallest absolute Gasteiger partial charge is 0.161 e. The monoisotopic (exact) mass is 375 g/mol. The van der Waals surface area contributed by atoms with Gasteiger partial charge in [-0.15, -0.1) is 0 Å². The predicted octanol–water partition coefficient (Wildman–Crippen LogP) is 4.67. The first-order chi connectivity index (χ1) is 11.1. The molecule has 1 aliphatic rings. The van der Waals surface area contributed by atoms with Crippen molar-refractivity contribution in [1.29, 1.82) is 0 Å². The molecule has 1 aliphatic heterocycles. The predicted molar refractivity (Wildman–Crippen MR) is 90.9 cm³/mol. The normalized spacial score (nSPS) is 13.5. The van der Waals surface area contributed by atoms with Crippen molar-refractivity contribution in [2.75, 3.05) is 13.2 Å². The number of nitrogens with zero attached hydrogens (tertiary/aromatic N) is 1. The van der Waals surface area contributed by atoms with E-state index >= 15 is 0 Å². The van der Waals surface area contributed by atoms with Crippen LogP contribution in [0.3, 0.4) is 0 Å². The first-order valence-electron chi connectivity index (χ1n) is 7.45. The van der Waals surface area contributed by atoms with E-state index in [4.69, 9.17) is 9.47 Å². The number of fused-ring (bicyclic) bond motifs is 2. The van der Waals surface area contributed by atoms with Gasteiger partial charge in [0.1, 0.15) is 19.0 Å². The van der Waals surface area contributed by atoms with Crippen LogP contribution < -0.4 is 9.47 Å². The van der Waals surface area contributed by atoms with Gasteiger partial charge < -0.3 is 14.0 Å². The van der Waals surface area contributed by atoms with E-state index in [0.717, 1.165) is 38.0 Å². The van der Waals surface area contributed by atoms with Crippen LogP contribution in [0.4, 0.5) is 4.39 Å². The Kier molecular flexibility index (Phi) is 3.53. The van der Waals surface area contributed by atoms with Crippen molar-refractivity contribution >= 4 is 26.8 Å². The summed E-state index contributed by atoms with van der Waals surface area (Å²) in [6, 6.07) is 9.06. The van der Waals surface area contributed by atoms with E-state index < -0.39 is 0 Å². The van der Waals surface area contributed by atoms with Crippen LogP contribution in [-0.4, -0.2) is 17.8 Å². The fourth-order valence-corrected chi connectivity index (χ4v) is 3.69. The fourth-order valence-electron chi connectivity index (χ4n) is 3.03. The number of hydrogen-bond acceptors (Lipinski definition) is 2. The molecule has 1 aromatic heterocycles. The summed E-state index contributed by atoms with van der Waals surface area (Å²) in [4.78, 5) is 0. The van der Waals surface area contributed by atoms with Crippen LogP contribution in [0.25, 0.3) is 10.9 Å². The molecule has 23 heavy (non-hydrogen) atoms. The fraction of sp³-hybridized carbons (Fsp3) is 0.222. The molecular formula is C18H15BrFNO2. The van der Waals surface area contributed by atoms with Crippen LogP contribution in [0.1, 0.15) is 11.1 Å². The van der Waals surface area contributed by atoms with E-state index in [1.807, 2.05) is 31.3 Å². The van der Waals surface area contributed by atoms with Crippen LogP contribution in [0.5, 0.6) is 11.5 Å². The van der Waals surface area contributed by atoms with E-state index in [-0.39, 0.29) is 5.82 Å². The van der Waals surface area contributed by atoms with Gasteiger partial charge in [0.05, 0.1) is 5.52 Å². The van der Waals surface area contributed by atoms with E-state index in [9.17, 15) is 4.39 Å². The Morgan fingerprint density at radius 2 is 1.91 bits per heavy atom. The summed E-state index contributed by atoms with van der Waals surface area (Å²) in [6.07, 6.45) is 2.05. The highest BCUT2D eigenvalue weighted by Crippen LogP contribution is 2.33. The van der Waals surface area contributed by atoms with E-state index in [0.29, 0.717) is 19.8 Å². The Bertz CT molecular complexity index is 904. The van der Waals surface area contributed by atoms with Crippen molar-refractivity contribution in [2.24, 2.45) is 0 Å². The second-order valence-electron chi connectivity index (χ2n) is 5.70. The highest BCUT2D eigenvalue weighted by molar-refractivity contribution is 9.10. The molecule has 2 aromatic carbocycles. The van der Waals surface area contributed by atoms with Gasteiger partial charge in [0.15, 0.2) is 11.5 Å². The largest absolute Gasteiger partial charge is 0.486 e. The van der Waals surface area contributed by atoms with Crippen molar-refractivity contribution in [2.45, 2.75) is 13.5 Å². The van der Waals surface area contributed by atoms with Crippen LogP contribution in [-0.2, 0) is 6.54 Å². The lowest BCUT2D eigenvalue weighted by Crippen LogP contribution is -2.15. The Labute approximate surface area is 141 Å². The summed E-state index contributed by atoms with van der Waals surface area (Å²) in [5.74, 6) is 1.34. The molecule has 0 bridgehead atoms. The number of rotatable bonds is 2. The molecule has 0 spiro atoms. The molecule has 0 aliphatic carbocycles. The van der Waals surface area contributed by atoms with Gasteiger partial charge >= 0.3 is 0 Å². The first-order valence-corrected chi connectivity index (χ1v) is 8.24.